The van der Waals surface area contributed by atoms with Crippen molar-refractivity contribution < 1.29 is 10.2 Å². The van der Waals surface area contributed by atoms with Crippen molar-refractivity contribution in [3.05, 3.63) is 71.8 Å². The van der Waals surface area contributed by atoms with Gasteiger partial charge in [0.15, 0.2) is 0 Å². The van der Waals surface area contributed by atoms with Crippen molar-refractivity contribution in [3.63, 3.8) is 0 Å². The van der Waals surface area contributed by atoms with Gasteiger partial charge in [0, 0.05) is 28.4 Å². The fraction of sp³-hybridized carbons (Fsp3) is 0.429. The van der Waals surface area contributed by atoms with E-state index in [1.54, 1.807) is 0 Å². The molecular formula is C21H24O2S4. The Bertz CT molecular complexity index is 644. The Balaban J connectivity index is 1.31. The van der Waals surface area contributed by atoms with E-state index in [-0.39, 0.29) is 9.16 Å². The number of hydrogen-bond donors (Lipinski definition) is 2. The standard InChI is InChI=1S/C21H24O2S4/c22-17(15-7-3-1-4-8-15)19-24-11-21(12-25-19)13-26-20(27-14-21)18(23)16-9-5-2-6-10-16/h1-10,17-20,22-23H,11-14H2. The van der Waals surface area contributed by atoms with Crippen molar-refractivity contribution in [3.8, 4) is 0 Å². The maximum atomic E-state index is 10.7. The van der Waals surface area contributed by atoms with Crippen LogP contribution in [0.25, 0.3) is 0 Å². The summed E-state index contributed by atoms with van der Waals surface area (Å²) in [4.78, 5) is 0. The molecule has 2 saturated heterocycles. The number of benzene rings is 2. The third-order valence-corrected chi connectivity index (χ3v) is 12.1. The second-order valence-electron chi connectivity index (χ2n) is 7.19. The molecule has 2 fully saturated rings. The predicted octanol–water partition coefficient (Wildman–Crippen LogP) is 5.05. The SMILES string of the molecule is OC(c1ccccc1)C1SCC2(CS1)CSC(C(O)c1ccccc1)SC2. The zero-order chi connectivity index (χ0) is 18.7. The van der Waals surface area contributed by atoms with Gasteiger partial charge in [0.05, 0.1) is 21.4 Å². The van der Waals surface area contributed by atoms with Crippen molar-refractivity contribution in [2.75, 3.05) is 23.0 Å². The highest BCUT2D eigenvalue weighted by molar-refractivity contribution is 8.19. The van der Waals surface area contributed by atoms with Crippen LogP contribution in [0.1, 0.15) is 23.3 Å². The molecule has 0 saturated carbocycles. The van der Waals surface area contributed by atoms with Crippen LogP contribution in [0.5, 0.6) is 0 Å². The highest BCUT2D eigenvalue weighted by Crippen LogP contribution is 2.53. The fourth-order valence-corrected chi connectivity index (χ4v) is 10.4. The lowest BCUT2D eigenvalue weighted by Crippen LogP contribution is -2.42. The van der Waals surface area contributed by atoms with E-state index in [0.29, 0.717) is 5.41 Å². The van der Waals surface area contributed by atoms with Crippen molar-refractivity contribution in [1.29, 1.82) is 0 Å². The first-order valence-electron chi connectivity index (χ1n) is 9.09. The van der Waals surface area contributed by atoms with Crippen LogP contribution in [0.15, 0.2) is 60.7 Å². The van der Waals surface area contributed by atoms with Crippen LogP contribution in [-0.2, 0) is 0 Å². The lowest BCUT2D eigenvalue weighted by atomic mass is 9.99. The average molecular weight is 437 g/mol. The summed E-state index contributed by atoms with van der Waals surface area (Å²) in [5, 5.41) is 21.4. The molecule has 4 rings (SSSR count). The van der Waals surface area contributed by atoms with Crippen LogP contribution in [0, 0.1) is 5.41 Å². The van der Waals surface area contributed by atoms with E-state index in [2.05, 4.69) is 0 Å². The summed E-state index contributed by atoms with van der Waals surface area (Å²) < 4.78 is 0.418. The summed E-state index contributed by atoms with van der Waals surface area (Å²) in [7, 11) is 0. The molecule has 144 valence electrons. The average Bonchev–Trinajstić information content (AvgIpc) is 2.75. The molecule has 0 aromatic heterocycles. The molecule has 6 heteroatoms. The van der Waals surface area contributed by atoms with E-state index in [1.807, 2.05) is 108 Å². The predicted molar refractivity (Wildman–Crippen MR) is 123 cm³/mol. The van der Waals surface area contributed by atoms with Gasteiger partial charge in [-0.2, -0.15) is 0 Å². The molecule has 2 aromatic carbocycles. The number of aliphatic hydroxyl groups excluding tert-OH is 2. The van der Waals surface area contributed by atoms with Crippen LogP contribution in [0.4, 0.5) is 0 Å². The number of thioether (sulfide) groups is 4. The smallest absolute Gasteiger partial charge is 0.1000 e. The zero-order valence-electron chi connectivity index (χ0n) is 14.9. The molecule has 2 unspecified atom stereocenters. The van der Waals surface area contributed by atoms with Crippen molar-refractivity contribution in [1.82, 2.24) is 0 Å². The molecule has 2 N–H and O–H groups in total. The Hall–Kier alpha value is -0.240. The van der Waals surface area contributed by atoms with Gasteiger partial charge in [-0.1, -0.05) is 60.7 Å². The van der Waals surface area contributed by atoms with E-state index in [1.165, 1.54) is 0 Å². The summed E-state index contributed by atoms with van der Waals surface area (Å²) in [5.41, 5.74) is 2.33. The molecule has 27 heavy (non-hydrogen) atoms. The van der Waals surface area contributed by atoms with Crippen LogP contribution >= 0.6 is 47.0 Å². The first kappa shape index (κ1) is 20.0. The Labute approximate surface area is 178 Å². The van der Waals surface area contributed by atoms with Crippen LogP contribution in [-0.4, -0.2) is 42.4 Å². The van der Waals surface area contributed by atoms with Crippen LogP contribution < -0.4 is 0 Å². The second kappa shape index (κ2) is 9.06. The van der Waals surface area contributed by atoms with Crippen LogP contribution in [0.2, 0.25) is 0 Å². The Morgan fingerprint density at radius 1 is 0.630 bits per heavy atom. The van der Waals surface area contributed by atoms with Gasteiger partial charge in [-0.15, -0.1) is 47.0 Å². The minimum absolute atomic E-state index is 0.209. The molecule has 0 radical (unpaired) electrons. The second-order valence-corrected chi connectivity index (χ2v) is 12.3. The van der Waals surface area contributed by atoms with Crippen molar-refractivity contribution >= 4 is 47.0 Å². The topological polar surface area (TPSA) is 40.5 Å². The van der Waals surface area contributed by atoms with E-state index >= 15 is 0 Å². The van der Waals surface area contributed by atoms with Crippen molar-refractivity contribution in [2.24, 2.45) is 5.41 Å². The number of aliphatic hydroxyl groups is 2. The molecule has 2 heterocycles. The maximum absolute atomic E-state index is 10.7. The molecule has 1 spiro atoms. The fourth-order valence-electron chi connectivity index (χ4n) is 3.36. The largest absolute Gasteiger partial charge is 0.386 e. The summed E-state index contributed by atoms with van der Waals surface area (Å²) in [6, 6.07) is 20.0. The summed E-state index contributed by atoms with van der Waals surface area (Å²) >= 11 is 7.61. The molecular weight excluding hydrogens is 412 g/mol. The quantitative estimate of drug-likeness (QED) is 0.699. The Morgan fingerprint density at radius 3 is 1.30 bits per heavy atom. The van der Waals surface area contributed by atoms with E-state index < -0.39 is 12.2 Å². The lowest BCUT2D eigenvalue weighted by Gasteiger charge is -2.44. The molecule has 2 aromatic rings. The van der Waals surface area contributed by atoms with Gasteiger partial charge in [0.2, 0.25) is 0 Å². The molecule has 2 atom stereocenters. The third-order valence-electron chi connectivity index (χ3n) is 5.01. The Morgan fingerprint density at radius 2 is 0.963 bits per heavy atom. The van der Waals surface area contributed by atoms with Gasteiger partial charge >= 0.3 is 0 Å². The normalized spacial score (nSPS) is 30.7. The molecule has 0 bridgehead atoms. The van der Waals surface area contributed by atoms with Gasteiger partial charge in [0.25, 0.3) is 0 Å². The lowest BCUT2D eigenvalue weighted by molar-refractivity contribution is 0.194. The minimum Gasteiger partial charge on any atom is -0.386 e. The molecule has 2 aliphatic heterocycles. The van der Waals surface area contributed by atoms with E-state index in [9.17, 15) is 10.2 Å². The highest BCUT2D eigenvalue weighted by atomic mass is 32.2. The third kappa shape index (κ3) is 4.68. The van der Waals surface area contributed by atoms with Crippen LogP contribution in [0.3, 0.4) is 0 Å². The zero-order valence-corrected chi connectivity index (χ0v) is 18.2. The molecule has 0 amide bonds. The summed E-state index contributed by atoms with van der Waals surface area (Å²) in [5.74, 6) is 4.34. The monoisotopic (exact) mass is 436 g/mol. The molecule has 0 aliphatic carbocycles. The number of rotatable bonds is 4. The number of hydrogen-bond acceptors (Lipinski definition) is 6. The van der Waals surface area contributed by atoms with E-state index in [0.717, 1.165) is 34.1 Å². The first-order valence-corrected chi connectivity index (χ1v) is 13.3. The van der Waals surface area contributed by atoms with E-state index in [4.69, 9.17) is 0 Å². The van der Waals surface area contributed by atoms with Gasteiger partial charge in [0.1, 0.15) is 0 Å². The molecule has 2 nitrogen and oxygen atoms in total. The van der Waals surface area contributed by atoms with Gasteiger partial charge < -0.3 is 10.2 Å². The molecule has 2 aliphatic rings. The van der Waals surface area contributed by atoms with Crippen molar-refractivity contribution in [2.45, 2.75) is 21.4 Å². The van der Waals surface area contributed by atoms with Gasteiger partial charge in [-0.25, -0.2) is 0 Å². The minimum atomic E-state index is -0.407. The van der Waals surface area contributed by atoms with Gasteiger partial charge in [-0.05, 0) is 11.1 Å². The van der Waals surface area contributed by atoms with Gasteiger partial charge in [-0.3, -0.25) is 0 Å². The first-order chi connectivity index (χ1) is 13.2. The Kier molecular flexibility index (Phi) is 6.72. The summed E-state index contributed by atoms with van der Waals surface area (Å²) in [6.07, 6.45) is -0.815. The summed E-state index contributed by atoms with van der Waals surface area (Å²) in [6.45, 7) is 0. The maximum Gasteiger partial charge on any atom is 0.1000 e. The highest BCUT2D eigenvalue weighted by Gasteiger charge is 2.43.